The Labute approximate surface area is 494 Å². The molecule has 0 bridgehead atoms. The lowest BCUT2D eigenvalue weighted by Crippen LogP contribution is -2.66. The fourth-order valence-corrected chi connectivity index (χ4v) is 9.86. The van der Waals surface area contributed by atoms with Crippen LogP contribution < -0.4 is 5.32 Å². The maximum absolute atomic E-state index is 13.3. The van der Waals surface area contributed by atoms with E-state index in [1.165, 1.54) is 44.9 Å². The number of carbonyl (C=O) groups excluding carboxylic acids is 1. The average Bonchev–Trinajstić information content (AvgIpc) is 3.62. The molecule has 12 N–H and O–H groups in total. The van der Waals surface area contributed by atoms with Crippen LogP contribution in [0.15, 0.2) is 97.2 Å². The molecule has 3 rings (SSSR count). The van der Waals surface area contributed by atoms with Crippen LogP contribution in [0.2, 0.25) is 0 Å². The molecule has 3 aliphatic heterocycles. The molecule has 19 nitrogen and oxygen atoms in total. The highest BCUT2D eigenvalue weighted by molar-refractivity contribution is 5.76. The molecule has 17 unspecified atom stereocenters. The summed E-state index contributed by atoms with van der Waals surface area (Å²) in [6.45, 7) is 1.60. The molecule has 0 spiro atoms. The second-order valence-corrected chi connectivity index (χ2v) is 21.8. The highest BCUT2D eigenvalue weighted by Gasteiger charge is 2.53. The minimum atomic E-state index is -1.98. The number of nitrogens with one attached hydrogen (secondary N) is 1. The standard InChI is InChI=1S/C64H107NO18/c1-3-5-7-9-11-13-15-16-17-18-19-20-21-22-23-24-25-26-27-28-29-30-32-34-36-38-40-42-52(70)65-47(48(69)41-39-37-35-33-31-14-12-10-8-6-4-2)46-78-62-58(76)55(73)60(50(44-67)80-62)83-64-59(77)56(74)61(51(45-68)81-64)82-63-57(75)54(72)53(71)49(43-66)79-63/h5,7,11,13,16-17,19-20,22-23,25-26,28-29,32,34,47-51,53-64,66-69,71-77H,3-4,6,8-10,12,14-15,18,21,24,27,30-31,33,35-46H2,1-2H3,(H,65,70)/b7-5-,13-11-,17-16-,20-19-,23-22-,26-25-,29-28-,34-32-. The minimum absolute atomic E-state index is 0.204. The molecule has 0 aromatic heterocycles. The maximum atomic E-state index is 13.3. The van der Waals surface area contributed by atoms with E-state index in [4.69, 9.17) is 28.4 Å². The Morgan fingerprint density at radius 2 is 0.831 bits per heavy atom. The van der Waals surface area contributed by atoms with Crippen LogP contribution in [0.3, 0.4) is 0 Å². The first kappa shape index (κ1) is 74.0. The maximum Gasteiger partial charge on any atom is 0.220 e. The van der Waals surface area contributed by atoms with Crippen molar-refractivity contribution < 1.29 is 89.4 Å². The largest absolute Gasteiger partial charge is 0.394 e. The Morgan fingerprint density at radius 3 is 1.28 bits per heavy atom. The van der Waals surface area contributed by atoms with Crippen molar-refractivity contribution in [3.63, 3.8) is 0 Å². The fraction of sp³-hybridized carbons (Fsp3) is 0.734. The van der Waals surface area contributed by atoms with E-state index in [0.717, 1.165) is 83.5 Å². The number of hydrogen-bond acceptors (Lipinski definition) is 18. The zero-order valence-electron chi connectivity index (χ0n) is 49.6. The number of hydrogen-bond donors (Lipinski definition) is 12. The molecule has 476 valence electrons. The summed E-state index contributed by atoms with van der Waals surface area (Å²) in [5.74, 6) is -0.292. The monoisotopic (exact) mass is 1180 g/mol. The van der Waals surface area contributed by atoms with Crippen molar-refractivity contribution in [2.75, 3.05) is 26.4 Å². The molecule has 19 heteroatoms. The van der Waals surface area contributed by atoms with Crippen LogP contribution >= 0.6 is 0 Å². The first-order chi connectivity index (χ1) is 40.3. The van der Waals surface area contributed by atoms with Gasteiger partial charge in [0.2, 0.25) is 5.91 Å². The third-order valence-electron chi connectivity index (χ3n) is 14.9. The zero-order chi connectivity index (χ0) is 60.5. The molecule has 0 aromatic rings. The highest BCUT2D eigenvalue weighted by Crippen LogP contribution is 2.33. The van der Waals surface area contributed by atoms with Crippen LogP contribution in [0, 0.1) is 0 Å². The summed E-state index contributed by atoms with van der Waals surface area (Å²) in [7, 11) is 0. The van der Waals surface area contributed by atoms with Crippen LogP contribution in [0.5, 0.6) is 0 Å². The van der Waals surface area contributed by atoms with E-state index in [1.54, 1.807) is 0 Å². The molecule has 0 saturated carbocycles. The highest BCUT2D eigenvalue weighted by atomic mass is 16.8. The second-order valence-electron chi connectivity index (χ2n) is 21.8. The van der Waals surface area contributed by atoms with Gasteiger partial charge in [-0.05, 0) is 77.0 Å². The lowest BCUT2D eigenvalue weighted by molar-refractivity contribution is -0.379. The van der Waals surface area contributed by atoms with Crippen LogP contribution in [0.25, 0.3) is 0 Å². The van der Waals surface area contributed by atoms with E-state index in [9.17, 15) is 61.0 Å². The first-order valence-corrected chi connectivity index (χ1v) is 31.0. The summed E-state index contributed by atoms with van der Waals surface area (Å²) in [6, 6.07) is -0.916. The van der Waals surface area contributed by atoms with E-state index >= 15 is 0 Å². The smallest absolute Gasteiger partial charge is 0.220 e. The molecule has 0 radical (unpaired) electrons. The molecular weight excluding hydrogens is 1070 g/mol. The summed E-state index contributed by atoms with van der Waals surface area (Å²) in [5.41, 5.74) is 0. The Morgan fingerprint density at radius 1 is 0.446 bits per heavy atom. The van der Waals surface area contributed by atoms with E-state index in [-0.39, 0.29) is 18.9 Å². The van der Waals surface area contributed by atoms with Crippen LogP contribution in [-0.4, -0.2) is 193 Å². The van der Waals surface area contributed by atoms with Crippen LogP contribution in [-0.2, 0) is 33.2 Å². The van der Waals surface area contributed by atoms with Crippen LogP contribution in [0.4, 0.5) is 0 Å². The number of rotatable bonds is 44. The van der Waals surface area contributed by atoms with Gasteiger partial charge >= 0.3 is 0 Å². The zero-order valence-corrected chi connectivity index (χ0v) is 49.6. The molecule has 17 atom stereocenters. The van der Waals surface area contributed by atoms with Gasteiger partial charge in [-0.15, -0.1) is 0 Å². The number of aliphatic hydroxyl groups is 11. The van der Waals surface area contributed by atoms with Gasteiger partial charge < -0.3 is 89.9 Å². The predicted octanol–water partition coefficient (Wildman–Crippen LogP) is 6.15. The second kappa shape index (κ2) is 45.9. The summed E-state index contributed by atoms with van der Waals surface area (Å²) < 4.78 is 34.2. The molecule has 0 aliphatic carbocycles. The lowest BCUT2D eigenvalue weighted by Gasteiger charge is -2.48. The van der Waals surface area contributed by atoms with Crippen molar-refractivity contribution in [2.45, 2.75) is 272 Å². The molecule has 3 saturated heterocycles. The SMILES string of the molecule is CC/C=C\C/C=C\C/C=C\C/C=C\C/C=C\C/C=C\C/C=C\C/C=C\CCCCC(=O)NC(COC1OC(CO)C(OC2OC(CO)C(OC3OC(CO)C(O)C(O)C3O)C(O)C2O)C(O)C1O)C(O)CCCCCCCCCCCCC. The fourth-order valence-electron chi connectivity index (χ4n) is 9.86. The summed E-state index contributed by atoms with van der Waals surface area (Å²) in [6.07, 6.45) is 30.7. The van der Waals surface area contributed by atoms with Crippen molar-refractivity contribution in [3.05, 3.63) is 97.2 Å². The summed E-state index contributed by atoms with van der Waals surface area (Å²) in [5, 5.41) is 120. The van der Waals surface area contributed by atoms with Crippen LogP contribution in [0.1, 0.15) is 168 Å². The van der Waals surface area contributed by atoms with Crippen molar-refractivity contribution in [1.29, 1.82) is 0 Å². The van der Waals surface area contributed by atoms with Gasteiger partial charge in [0.15, 0.2) is 18.9 Å². The topological polar surface area (TPSA) is 307 Å². The Hall–Kier alpha value is -3.29. The molecule has 1 amide bonds. The molecule has 3 fully saturated rings. The van der Waals surface area contributed by atoms with Crippen molar-refractivity contribution in [3.8, 4) is 0 Å². The molecule has 83 heavy (non-hydrogen) atoms. The predicted molar refractivity (Wildman–Crippen MR) is 318 cm³/mol. The number of allylic oxidation sites excluding steroid dienone is 16. The molecular formula is C64H107NO18. The average molecular weight is 1180 g/mol. The number of unbranched alkanes of at least 4 members (excludes halogenated alkanes) is 12. The summed E-state index contributed by atoms with van der Waals surface area (Å²) >= 11 is 0. The third kappa shape index (κ3) is 29.3. The Bertz CT molecular complexity index is 1890. The molecule has 3 aliphatic rings. The first-order valence-electron chi connectivity index (χ1n) is 31.0. The molecule has 3 heterocycles. The van der Waals surface area contributed by atoms with E-state index in [1.807, 2.05) is 0 Å². The van der Waals surface area contributed by atoms with E-state index in [0.29, 0.717) is 19.3 Å². The van der Waals surface area contributed by atoms with Gasteiger partial charge in [-0.2, -0.15) is 0 Å². The van der Waals surface area contributed by atoms with Crippen molar-refractivity contribution >= 4 is 5.91 Å². The lowest BCUT2D eigenvalue weighted by atomic mass is 9.96. The van der Waals surface area contributed by atoms with Crippen molar-refractivity contribution in [1.82, 2.24) is 5.32 Å². The van der Waals surface area contributed by atoms with E-state index in [2.05, 4.69) is 116 Å². The number of aliphatic hydroxyl groups excluding tert-OH is 11. The normalized spacial score (nSPS) is 30.1. The van der Waals surface area contributed by atoms with Gasteiger partial charge in [-0.25, -0.2) is 0 Å². The van der Waals surface area contributed by atoms with Gasteiger partial charge in [0.25, 0.3) is 0 Å². The van der Waals surface area contributed by atoms with Gasteiger partial charge in [0, 0.05) is 6.42 Å². The molecule has 0 aromatic carbocycles. The van der Waals surface area contributed by atoms with E-state index < -0.39 is 124 Å². The Balaban J connectivity index is 1.46. The number of amides is 1. The van der Waals surface area contributed by atoms with Gasteiger partial charge in [-0.3, -0.25) is 4.79 Å². The van der Waals surface area contributed by atoms with Gasteiger partial charge in [0.05, 0.1) is 38.6 Å². The number of ether oxygens (including phenoxy) is 6. The third-order valence-corrected chi connectivity index (χ3v) is 14.9. The summed E-state index contributed by atoms with van der Waals surface area (Å²) in [4.78, 5) is 13.3. The van der Waals surface area contributed by atoms with Crippen molar-refractivity contribution in [2.24, 2.45) is 0 Å². The number of carbonyl (C=O) groups is 1. The Kier molecular flexibility index (Phi) is 40.9. The van der Waals surface area contributed by atoms with Gasteiger partial charge in [0.1, 0.15) is 73.2 Å². The quantitative estimate of drug-likeness (QED) is 0.0241. The van der Waals surface area contributed by atoms with Gasteiger partial charge in [-0.1, -0.05) is 182 Å². The minimum Gasteiger partial charge on any atom is -0.394 e.